The molecule has 3 nitrogen and oxygen atoms in total. The molecule has 0 spiro atoms. The van der Waals surface area contributed by atoms with Crippen LogP contribution in [0.5, 0.6) is 0 Å². The summed E-state index contributed by atoms with van der Waals surface area (Å²) in [5.41, 5.74) is 0.359. The van der Waals surface area contributed by atoms with E-state index in [-0.39, 0.29) is 11.7 Å². The van der Waals surface area contributed by atoms with E-state index in [1.807, 2.05) is 37.3 Å². The maximum atomic E-state index is 13.3. The van der Waals surface area contributed by atoms with Gasteiger partial charge in [-0.3, -0.25) is 4.79 Å². The number of rotatable bonds is 6. The summed E-state index contributed by atoms with van der Waals surface area (Å²) in [6, 6.07) is 9.86. The van der Waals surface area contributed by atoms with Gasteiger partial charge in [0.05, 0.1) is 5.60 Å². The number of aliphatic hydroxyl groups is 1. The van der Waals surface area contributed by atoms with Gasteiger partial charge in [0.15, 0.2) is 5.76 Å². The zero-order valence-electron chi connectivity index (χ0n) is 19.9. The van der Waals surface area contributed by atoms with E-state index >= 15 is 0 Å². The molecule has 7 atom stereocenters. The Morgan fingerprint density at radius 3 is 2.69 bits per heavy atom. The van der Waals surface area contributed by atoms with Gasteiger partial charge in [0.1, 0.15) is 5.58 Å². The maximum absolute atomic E-state index is 13.3. The Morgan fingerprint density at radius 1 is 1.09 bits per heavy atom. The number of unbranched alkanes of at least 4 members (excludes halogenated alkanes) is 1. The van der Waals surface area contributed by atoms with Gasteiger partial charge in [-0.1, -0.05) is 38.0 Å². The largest absolute Gasteiger partial charge is 0.453 e. The van der Waals surface area contributed by atoms with Crippen LogP contribution in [0.4, 0.5) is 0 Å². The van der Waals surface area contributed by atoms with Crippen molar-refractivity contribution in [3.63, 3.8) is 0 Å². The highest BCUT2D eigenvalue weighted by molar-refractivity contribution is 5.99. The van der Waals surface area contributed by atoms with E-state index in [2.05, 4.69) is 6.92 Å². The van der Waals surface area contributed by atoms with Crippen molar-refractivity contribution < 1.29 is 14.3 Å². The molecular weight excluding hydrogens is 396 g/mol. The van der Waals surface area contributed by atoms with Crippen molar-refractivity contribution in [1.29, 1.82) is 0 Å². The molecule has 3 fully saturated rings. The fourth-order valence-corrected chi connectivity index (χ4v) is 7.75. The molecule has 1 N–H and O–H groups in total. The number of benzene rings is 1. The lowest BCUT2D eigenvalue weighted by atomic mass is 9.56. The normalized spacial score (nSPS) is 37.5. The van der Waals surface area contributed by atoms with Crippen LogP contribution in [0.2, 0.25) is 0 Å². The number of hydrogen-bond donors (Lipinski definition) is 1. The first kappa shape index (κ1) is 22.2. The predicted molar refractivity (Wildman–Crippen MR) is 129 cm³/mol. The molecule has 3 aliphatic rings. The van der Waals surface area contributed by atoms with E-state index in [9.17, 15) is 9.90 Å². The van der Waals surface area contributed by atoms with Crippen LogP contribution in [-0.4, -0.2) is 16.5 Å². The van der Waals surface area contributed by atoms with Crippen LogP contribution in [-0.2, 0) is 0 Å². The average Bonchev–Trinajstić information content (AvgIpc) is 3.43. The van der Waals surface area contributed by atoms with Gasteiger partial charge in [-0.05, 0) is 106 Å². The molecule has 1 aromatic carbocycles. The van der Waals surface area contributed by atoms with Crippen molar-refractivity contribution in [2.24, 2.45) is 35.5 Å². The van der Waals surface area contributed by atoms with Crippen LogP contribution in [0, 0.1) is 35.5 Å². The van der Waals surface area contributed by atoms with Gasteiger partial charge in [-0.15, -0.1) is 0 Å². The molecule has 3 saturated carbocycles. The zero-order valence-corrected chi connectivity index (χ0v) is 19.9. The minimum Gasteiger partial charge on any atom is -0.453 e. The van der Waals surface area contributed by atoms with E-state index in [4.69, 9.17) is 4.42 Å². The summed E-state index contributed by atoms with van der Waals surface area (Å²) < 4.78 is 5.91. The van der Waals surface area contributed by atoms with Crippen LogP contribution < -0.4 is 0 Å². The van der Waals surface area contributed by atoms with Gasteiger partial charge < -0.3 is 9.52 Å². The number of Topliss-reactive ketones (excluding diaryl/α,β-unsaturated/α-hetero) is 1. The van der Waals surface area contributed by atoms with Crippen LogP contribution in [0.3, 0.4) is 0 Å². The molecule has 32 heavy (non-hydrogen) atoms. The lowest BCUT2D eigenvalue weighted by Crippen LogP contribution is -2.45. The second-order valence-corrected chi connectivity index (χ2v) is 11.5. The third-order valence-corrected chi connectivity index (χ3v) is 9.30. The zero-order chi connectivity index (χ0) is 22.3. The molecule has 3 heteroatoms. The maximum Gasteiger partial charge on any atom is 0.201 e. The summed E-state index contributed by atoms with van der Waals surface area (Å²) in [4.78, 5) is 13.3. The fraction of sp³-hybridized carbons (Fsp3) is 0.690. The molecule has 1 heterocycles. The molecule has 0 unspecified atom stereocenters. The minimum absolute atomic E-state index is 0.122. The highest BCUT2D eigenvalue weighted by atomic mass is 16.3. The third kappa shape index (κ3) is 4.30. The van der Waals surface area contributed by atoms with Crippen LogP contribution in [0.1, 0.15) is 95.0 Å². The van der Waals surface area contributed by atoms with Crippen molar-refractivity contribution >= 4 is 16.8 Å². The summed E-state index contributed by atoms with van der Waals surface area (Å²) in [6.07, 6.45) is 12.9. The lowest BCUT2D eigenvalue weighted by molar-refractivity contribution is -0.0677. The second-order valence-electron chi connectivity index (χ2n) is 11.5. The van der Waals surface area contributed by atoms with Crippen LogP contribution in [0.15, 0.2) is 34.7 Å². The first-order valence-electron chi connectivity index (χ1n) is 13.2. The molecule has 1 aromatic heterocycles. The Morgan fingerprint density at radius 2 is 1.88 bits per heavy atom. The SMILES string of the molecule is CCCC[C@H]1[C@H]([C@@H]2CC[C@H](C(=O)c3cc4ccccc4o3)C2)CC[C@@H]2C[C@](C)(O)CC[C@@H]21. The third-order valence-electron chi connectivity index (χ3n) is 9.30. The van der Waals surface area contributed by atoms with E-state index in [0.717, 1.165) is 54.4 Å². The summed E-state index contributed by atoms with van der Waals surface area (Å²) in [7, 11) is 0. The Hall–Kier alpha value is -1.61. The Balaban J connectivity index is 1.29. The first-order chi connectivity index (χ1) is 15.4. The highest BCUT2D eigenvalue weighted by Gasteiger charge is 2.48. The van der Waals surface area contributed by atoms with Crippen molar-refractivity contribution in [3.8, 4) is 0 Å². The van der Waals surface area contributed by atoms with E-state index in [1.54, 1.807) is 0 Å². The molecular formula is C29H40O3. The molecule has 0 bridgehead atoms. The number of hydrogen-bond acceptors (Lipinski definition) is 3. The quantitative estimate of drug-likeness (QED) is 0.479. The second kappa shape index (κ2) is 8.97. The van der Waals surface area contributed by atoms with Crippen LogP contribution in [0.25, 0.3) is 11.0 Å². The molecule has 5 rings (SSSR count). The summed E-state index contributed by atoms with van der Waals surface area (Å²) in [5, 5.41) is 11.7. The summed E-state index contributed by atoms with van der Waals surface area (Å²) >= 11 is 0. The number of furan rings is 1. The number of ketones is 1. The molecule has 0 radical (unpaired) electrons. The lowest BCUT2D eigenvalue weighted by Gasteiger charge is -2.51. The molecule has 3 aliphatic carbocycles. The van der Waals surface area contributed by atoms with Crippen molar-refractivity contribution in [1.82, 2.24) is 0 Å². The predicted octanol–water partition coefficient (Wildman–Crippen LogP) is 7.42. The standard InChI is InChI=1S/C29H40O3/c1-3-4-8-25-23(13-12-22-18-29(2,31)15-14-24(22)25)19-10-11-21(16-19)28(30)27-17-20-7-5-6-9-26(20)32-27/h5-7,9,17,19,21-25,31H,3-4,8,10-16,18H2,1-2H3/t19-,21+,22-,23+,24+,25+,29-/m1/s1. The minimum atomic E-state index is -0.458. The van der Waals surface area contributed by atoms with Crippen molar-refractivity contribution in [2.75, 3.05) is 0 Å². The monoisotopic (exact) mass is 436 g/mol. The molecule has 2 aromatic rings. The summed E-state index contributed by atoms with van der Waals surface area (Å²) in [6.45, 7) is 4.35. The van der Waals surface area contributed by atoms with Gasteiger partial charge in [-0.2, -0.15) is 0 Å². The van der Waals surface area contributed by atoms with Gasteiger partial charge in [0.2, 0.25) is 5.78 Å². The average molecular weight is 437 g/mol. The first-order valence-corrected chi connectivity index (χ1v) is 13.2. The summed E-state index contributed by atoms with van der Waals surface area (Å²) in [5.74, 6) is 4.61. The van der Waals surface area contributed by atoms with Crippen molar-refractivity contribution in [2.45, 2.75) is 90.1 Å². The number of para-hydroxylation sites is 1. The Bertz CT molecular complexity index is 908. The van der Waals surface area contributed by atoms with Gasteiger partial charge >= 0.3 is 0 Å². The van der Waals surface area contributed by atoms with Crippen molar-refractivity contribution in [3.05, 3.63) is 36.1 Å². The van der Waals surface area contributed by atoms with Gasteiger partial charge in [0.25, 0.3) is 0 Å². The Kier molecular flexibility index (Phi) is 6.22. The Labute approximate surface area is 193 Å². The van der Waals surface area contributed by atoms with Gasteiger partial charge in [0, 0.05) is 11.3 Å². The smallest absolute Gasteiger partial charge is 0.201 e. The van der Waals surface area contributed by atoms with E-state index in [1.165, 1.54) is 44.9 Å². The highest BCUT2D eigenvalue weighted by Crippen LogP contribution is 2.55. The molecule has 0 aliphatic heterocycles. The molecule has 0 saturated heterocycles. The van der Waals surface area contributed by atoms with Gasteiger partial charge in [-0.25, -0.2) is 0 Å². The number of carbonyl (C=O) groups is 1. The fourth-order valence-electron chi connectivity index (χ4n) is 7.75. The topological polar surface area (TPSA) is 50.4 Å². The van der Waals surface area contributed by atoms with E-state index < -0.39 is 5.60 Å². The molecule has 0 amide bonds. The number of fused-ring (bicyclic) bond motifs is 2. The number of carbonyl (C=O) groups excluding carboxylic acids is 1. The van der Waals surface area contributed by atoms with Crippen LogP contribution >= 0.6 is 0 Å². The molecule has 174 valence electrons. The van der Waals surface area contributed by atoms with E-state index in [0.29, 0.717) is 17.6 Å².